The van der Waals surface area contributed by atoms with Crippen LogP contribution < -0.4 is 0 Å². The van der Waals surface area contributed by atoms with Gasteiger partial charge in [0.1, 0.15) is 0 Å². The molecule has 86 valence electrons. The number of unbranched alkanes of at least 4 members (excludes halogenated alkanes) is 1. The first-order chi connectivity index (χ1) is 6.36. The third kappa shape index (κ3) is 6.27. The van der Waals surface area contributed by atoms with Crippen molar-refractivity contribution in [3.63, 3.8) is 0 Å². The molecule has 0 N–H and O–H groups in total. The summed E-state index contributed by atoms with van der Waals surface area (Å²) in [5.74, 6) is -0.753. The molecule has 4 heteroatoms. The molecule has 0 unspecified atom stereocenters. The number of nitrogens with zero attached hydrogens (tertiary/aromatic N) is 1. The number of halogens is 2. The summed E-state index contributed by atoms with van der Waals surface area (Å²) in [6.45, 7) is 3.97. The van der Waals surface area contributed by atoms with Gasteiger partial charge in [0, 0.05) is 5.92 Å². The van der Waals surface area contributed by atoms with E-state index in [1.807, 2.05) is 19.0 Å². The van der Waals surface area contributed by atoms with Crippen molar-refractivity contribution in [3.8, 4) is 0 Å². The van der Waals surface area contributed by atoms with Crippen molar-refractivity contribution in [2.45, 2.75) is 32.8 Å². The number of rotatable bonds is 7. The fourth-order valence-electron chi connectivity index (χ4n) is 0.905. The Kier molecular flexibility index (Phi) is 6.20. The monoisotopic (exact) mass is 209 g/mol. The van der Waals surface area contributed by atoms with Crippen molar-refractivity contribution < 1.29 is 13.5 Å². The van der Waals surface area contributed by atoms with Crippen molar-refractivity contribution in [2.24, 2.45) is 5.92 Å². The lowest BCUT2D eigenvalue weighted by molar-refractivity contribution is -0.265. The lowest BCUT2D eigenvalue weighted by Crippen LogP contribution is -2.28. The summed E-state index contributed by atoms with van der Waals surface area (Å²) in [7, 11) is 3.92. The van der Waals surface area contributed by atoms with Crippen LogP contribution in [-0.2, 0) is 4.74 Å². The summed E-state index contributed by atoms with van der Waals surface area (Å²) in [5.41, 5.74) is 0. The molecule has 2 nitrogen and oxygen atoms in total. The Bertz CT molecular complexity index is 149. The Morgan fingerprint density at radius 2 is 1.79 bits per heavy atom. The number of hydrogen-bond acceptors (Lipinski definition) is 2. The average molecular weight is 209 g/mol. The minimum atomic E-state index is -2.97. The van der Waals surface area contributed by atoms with E-state index in [1.54, 1.807) is 0 Å². The van der Waals surface area contributed by atoms with Crippen LogP contribution in [0.1, 0.15) is 26.7 Å². The van der Waals surface area contributed by atoms with Gasteiger partial charge in [-0.2, -0.15) is 8.78 Å². The largest absolute Gasteiger partial charge is 0.357 e. The van der Waals surface area contributed by atoms with Crippen LogP contribution in [0, 0.1) is 5.92 Å². The van der Waals surface area contributed by atoms with Crippen LogP contribution in [0.5, 0.6) is 0 Å². The highest BCUT2D eigenvalue weighted by Crippen LogP contribution is 2.25. The molecule has 0 amide bonds. The third-order valence-corrected chi connectivity index (χ3v) is 1.97. The molecule has 0 aliphatic rings. The predicted molar refractivity (Wildman–Crippen MR) is 53.5 cm³/mol. The molecule has 14 heavy (non-hydrogen) atoms. The van der Waals surface area contributed by atoms with Crippen LogP contribution in [0.25, 0.3) is 0 Å². The van der Waals surface area contributed by atoms with E-state index in [9.17, 15) is 8.78 Å². The zero-order chi connectivity index (χ0) is 11.2. The molecule has 0 rings (SSSR count). The summed E-state index contributed by atoms with van der Waals surface area (Å²) < 4.78 is 30.3. The highest BCUT2D eigenvalue weighted by atomic mass is 19.3. The first kappa shape index (κ1) is 13.8. The van der Waals surface area contributed by atoms with Crippen molar-refractivity contribution >= 4 is 0 Å². The SMILES string of the molecule is CC(C)C(F)(F)OCCCCN(C)C. The van der Waals surface area contributed by atoms with E-state index in [0.717, 1.165) is 13.0 Å². The van der Waals surface area contributed by atoms with Gasteiger partial charge in [0.25, 0.3) is 0 Å². The van der Waals surface area contributed by atoms with Gasteiger partial charge in [-0.05, 0) is 33.5 Å². The summed E-state index contributed by atoms with van der Waals surface area (Å²) >= 11 is 0. The van der Waals surface area contributed by atoms with Crippen LogP contribution in [-0.4, -0.2) is 38.3 Å². The summed E-state index contributed by atoms with van der Waals surface area (Å²) in [6, 6.07) is 0. The van der Waals surface area contributed by atoms with Crippen molar-refractivity contribution in [1.82, 2.24) is 4.90 Å². The Morgan fingerprint density at radius 1 is 1.21 bits per heavy atom. The molecule has 0 spiro atoms. The second-order valence-corrected chi connectivity index (χ2v) is 4.08. The van der Waals surface area contributed by atoms with E-state index >= 15 is 0 Å². The van der Waals surface area contributed by atoms with Gasteiger partial charge in [0.15, 0.2) is 0 Å². The maximum absolute atomic E-state index is 12.9. The number of ether oxygens (including phenoxy) is 1. The summed E-state index contributed by atoms with van der Waals surface area (Å²) in [6.07, 6.45) is -1.40. The summed E-state index contributed by atoms with van der Waals surface area (Å²) in [5, 5.41) is 0. The quantitative estimate of drug-likeness (QED) is 0.597. The smallest absolute Gasteiger partial charge is 0.320 e. The van der Waals surface area contributed by atoms with E-state index in [0.29, 0.717) is 6.42 Å². The van der Waals surface area contributed by atoms with Gasteiger partial charge >= 0.3 is 6.11 Å². The molecule has 0 aromatic rings. The first-order valence-electron chi connectivity index (χ1n) is 5.02. The van der Waals surface area contributed by atoms with Gasteiger partial charge < -0.3 is 9.64 Å². The Hall–Kier alpha value is -0.220. The highest BCUT2D eigenvalue weighted by molar-refractivity contribution is 4.57. The standard InChI is InChI=1S/C10H21F2NO/c1-9(2)10(11,12)14-8-6-5-7-13(3)4/h9H,5-8H2,1-4H3. The van der Waals surface area contributed by atoms with Gasteiger partial charge in [-0.25, -0.2) is 0 Å². The zero-order valence-electron chi connectivity index (χ0n) is 9.52. The lowest BCUT2D eigenvalue weighted by Gasteiger charge is -2.20. The first-order valence-corrected chi connectivity index (χ1v) is 5.02. The van der Waals surface area contributed by atoms with E-state index < -0.39 is 12.0 Å². The molecule has 0 heterocycles. The van der Waals surface area contributed by atoms with Crippen LogP contribution in [0.15, 0.2) is 0 Å². The highest BCUT2D eigenvalue weighted by Gasteiger charge is 2.33. The molecule has 0 saturated heterocycles. The van der Waals surface area contributed by atoms with Gasteiger partial charge in [0.05, 0.1) is 6.61 Å². The van der Waals surface area contributed by atoms with Crippen LogP contribution >= 0.6 is 0 Å². The molecule has 0 fully saturated rings. The van der Waals surface area contributed by atoms with Crippen molar-refractivity contribution in [1.29, 1.82) is 0 Å². The molecule has 0 aromatic carbocycles. The van der Waals surface area contributed by atoms with Crippen molar-refractivity contribution in [3.05, 3.63) is 0 Å². The average Bonchev–Trinajstić information content (AvgIpc) is 2.02. The molecular formula is C10H21F2NO. The van der Waals surface area contributed by atoms with E-state index in [-0.39, 0.29) is 6.61 Å². The lowest BCUT2D eigenvalue weighted by atomic mass is 10.2. The third-order valence-electron chi connectivity index (χ3n) is 1.97. The molecule has 0 saturated carbocycles. The molecule has 0 bridgehead atoms. The second kappa shape index (κ2) is 6.30. The fraction of sp³-hybridized carbons (Fsp3) is 1.00. The predicted octanol–water partition coefficient (Wildman–Crippen LogP) is 2.59. The van der Waals surface area contributed by atoms with Gasteiger partial charge in [-0.1, -0.05) is 13.8 Å². The van der Waals surface area contributed by atoms with Crippen molar-refractivity contribution in [2.75, 3.05) is 27.2 Å². The topological polar surface area (TPSA) is 12.5 Å². The van der Waals surface area contributed by atoms with Crippen LogP contribution in [0.4, 0.5) is 8.78 Å². The molecule has 0 aromatic heterocycles. The van der Waals surface area contributed by atoms with Crippen LogP contribution in [0.2, 0.25) is 0 Å². The molecule has 0 radical (unpaired) electrons. The summed E-state index contributed by atoms with van der Waals surface area (Å²) in [4.78, 5) is 2.03. The Morgan fingerprint density at radius 3 is 2.21 bits per heavy atom. The van der Waals surface area contributed by atoms with Gasteiger partial charge in [0.2, 0.25) is 0 Å². The zero-order valence-corrected chi connectivity index (χ0v) is 9.52. The molecular weight excluding hydrogens is 188 g/mol. The number of hydrogen-bond donors (Lipinski definition) is 0. The maximum atomic E-state index is 12.9. The molecule has 0 atom stereocenters. The van der Waals surface area contributed by atoms with Gasteiger partial charge in [-0.3, -0.25) is 0 Å². The molecule has 0 aliphatic carbocycles. The minimum Gasteiger partial charge on any atom is -0.320 e. The second-order valence-electron chi connectivity index (χ2n) is 4.08. The fourth-order valence-corrected chi connectivity index (χ4v) is 0.905. The van der Waals surface area contributed by atoms with Crippen LogP contribution in [0.3, 0.4) is 0 Å². The maximum Gasteiger partial charge on any atom is 0.357 e. The molecule has 0 aliphatic heterocycles. The minimum absolute atomic E-state index is 0.138. The number of alkyl halides is 2. The van der Waals surface area contributed by atoms with E-state index in [4.69, 9.17) is 0 Å². The Labute approximate surface area is 85.2 Å². The van der Waals surface area contributed by atoms with E-state index in [1.165, 1.54) is 13.8 Å². The Balaban J connectivity index is 3.45. The van der Waals surface area contributed by atoms with E-state index in [2.05, 4.69) is 4.74 Å². The normalized spacial score (nSPS) is 12.9. The van der Waals surface area contributed by atoms with Gasteiger partial charge in [-0.15, -0.1) is 0 Å².